The van der Waals surface area contributed by atoms with Gasteiger partial charge in [-0.25, -0.2) is 9.48 Å². The summed E-state index contributed by atoms with van der Waals surface area (Å²) < 4.78 is 5.91. The van der Waals surface area contributed by atoms with Gasteiger partial charge in [0.25, 0.3) is 11.5 Å². The van der Waals surface area contributed by atoms with Crippen LogP contribution >= 0.6 is 0 Å². The summed E-state index contributed by atoms with van der Waals surface area (Å²) in [7, 11) is 2.80. The van der Waals surface area contributed by atoms with Crippen molar-refractivity contribution in [1.82, 2.24) is 9.78 Å². The SMILES string of the molecule is COC(=O)c1cccc(NC(=O)c2c(-c3ccccc3)c(-c3ccccc3)nn(C)c2=O)c1. The van der Waals surface area contributed by atoms with Crippen molar-refractivity contribution < 1.29 is 14.3 Å². The maximum Gasteiger partial charge on any atom is 0.337 e. The van der Waals surface area contributed by atoms with Crippen LogP contribution in [0.2, 0.25) is 0 Å². The second-order valence-electron chi connectivity index (χ2n) is 7.29. The molecule has 3 aromatic carbocycles. The molecule has 1 heterocycles. The average Bonchev–Trinajstić information content (AvgIpc) is 2.86. The summed E-state index contributed by atoms with van der Waals surface area (Å²) in [6, 6.07) is 24.9. The molecule has 0 fully saturated rings. The van der Waals surface area contributed by atoms with E-state index in [1.807, 2.05) is 60.7 Å². The predicted molar refractivity (Wildman–Crippen MR) is 126 cm³/mol. The molecule has 0 saturated heterocycles. The number of hydrogen-bond donors (Lipinski definition) is 1. The molecule has 1 amide bonds. The molecule has 0 radical (unpaired) electrons. The third-order valence-corrected chi connectivity index (χ3v) is 5.12. The zero-order valence-electron chi connectivity index (χ0n) is 18.1. The topological polar surface area (TPSA) is 90.3 Å². The quantitative estimate of drug-likeness (QED) is 0.472. The fourth-order valence-corrected chi connectivity index (χ4v) is 3.56. The Hall–Kier alpha value is -4.52. The van der Waals surface area contributed by atoms with Crippen molar-refractivity contribution in [1.29, 1.82) is 0 Å². The number of rotatable bonds is 5. The van der Waals surface area contributed by atoms with Crippen LogP contribution < -0.4 is 10.9 Å². The number of methoxy groups -OCH3 is 1. The number of ether oxygens (including phenoxy) is 1. The number of carbonyl (C=O) groups is 2. The molecule has 0 saturated carbocycles. The summed E-state index contributed by atoms with van der Waals surface area (Å²) >= 11 is 0. The summed E-state index contributed by atoms with van der Waals surface area (Å²) in [4.78, 5) is 38.5. The Kier molecular flexibility index (Phi) is 6.13. The van der Waals surface area contributed by atoms with Gasteiger partial charge < -0.3 is 10.1 Å². The Balaban J connectivity index is 1.89. The van der Waals surface area contributed by atoms with Crippen LogP contribution in [0.15, 0.2) is 89.7 Å². The maximum absolute atomic E-state index is 13.4. The van der Waals surface area contributed by atoms with E-state index in [0.29, 0.717) is 22.5 Å². The van der Waals surface area contributed by atoms with E-state index in [0.717, 1.165) is 10.2 Å². The van der Waals surface area contributed by atoms with E-state index in [1.54, 1.807) is 18.2 Å². The fourth-order valence-electron chi connectivity index (χ4n) is 3.56. The van der Waals surface area contributed by atoms with E-state index < -0.39 is 17.4 Å². The number of benzene rings is 3. The molecule has 164 valence electrons. The van der Waals surface area contributed by atoms with E-state index in [2.05, 4.69) is 10.4 Å². The standard InChI is InChI=1S/C26H21N3O4/c1-29-25(31)22(24(30)27-20-15-9-14-19(16-20)26(32)33-2)21(17-10-5-3-6-11-17)23(28-29)18-12-7-4-8-13-18/h3-16H,1-2H3,(H,27,30). The number of nitrogens with one attached hydrogen (secondary N) is 1. The second-order valence-corrected chi connectivity index (χ2v) is 7.29. The summed E-state index contributed by atoms with van der Waals surface area (Å²) in [6.45, 7) is 0. The van der Waals surface area contributed by atoms with Crippen molar-refractivity contribution >= 4 is 17.6 Å². The first-order valence-corrected chi connectivity index (χ1v) is 10.2. The van der Waals surface area contributed by atoms with Crippen molar-refractivity contribution in [3.05, 3.63) is 106 Å². The average molecular weight is 439 g/mol. The lowest BCUT2D eigenvalue weighted by molar-refractivity contribution is 0.0600. The fraction of sp³-hybridized carbons (Fsp3) is 0.0769. The molecular weight excluding hydrogens is 418 g/mol. The van der Waals surface area contributed by atoms with Crippen LogP contribution in [-0.2, 0) is 11.8 Å². The summed E-state index contributed by atoms with van der Waals surface area (Å²) in [5, 5.41) is 7.23. The second kappa shape index (κ2) is 9.32. The molecule has 0 spiro atoms. The summed E-state index contributed by atoms with van der Waals surface area (Å²) in [5.74, 6) is -1.13. The van der Waals surface area contributed by atoms with Gasteiger partial charge >= 0.3 is 5.97 Å². The molecule has 1 aromatic heterocycles. The van der Waals surface area contributed by atoms with Gasteiger partial charge in [0.1, 0.15) is 5.56 Å². The number of esters is 1. The van der Waals surface area contributed by atoms with Gasteiger partial charge in [-0.05, 0) is 23.8 Å². The number of nitrogens with zero attached hydrogens (tertiary/aromatic N) is 2. The van der Waals surface area contributed by atoms with Gasteiger partial charge in [-0.15, -0.1) is 0 Å². The van der Waals surface area contributed by atoms with Gasteiger partial charge in [0.05, 0.1) is 18.4 Å². The number of aryl methyl sites for hydroxylation is 1. The molecule has 4 aromatic rings. The minimum absolute atomic E-state index is 0.0407. The van der Waals surface area contributed by atoms with Crippen LogP contribution in [0, 0.1) is 0 Å². The highest BCUT2D eigenvalue weighted by atomic mass is 16.5. The Morgan fingerprint density at radius 2 is 1.52 bits per heavy atom. The number of hydrogen-bond acceptors (Lipinski definition) is 5. The van der Waals surface area contributed by atoms with Crippen molar-refractivity contribution in [3.63, 3.8) is 0 Å². The van der Waals surface area contributed by atoms with Crippen molar-refractivity contribution in [3.8, 4) is 22.4 Å². The number of carbonyl (C=O) groups excluding carboxylic acids is 2. The van der Waals surface area contributed by atoms with Crippen LogP contribution in [0.4, 0.5) is 5.69 Å². The Morgan fingerprint density at radius 1 is 0.879 bits per heavy atom. The first-order valence-electron chi connectivity index (χ1n) is 10.2. The van der Waals surface area contributed by atoms with Crippen LogP contribution in [0.25, 0.3) is 22.4 Å². The lowest BCUT2D eigenvalue weighted by atomic mass is 9.95. The van der Waals surface area contributed by atoms with E-state index in [1.165, 1.54) is 20.2 Å². The van der Waals surface area contributed by atoms with E-state index >= 15 is 0 Å². The molecular formula is C26H21N3O4. The number of amides is 1. The van der Waals surface area contributed by atoms with Crippen molar-refractivity contribution in [2.75, 3.05) is 12.4 Å². The van der Waals surface area contributed by atoms with E-state index in [9.17, 15) is 14.4 Å². The van der Waals surface area contributed by atoms with Crippen LogP contribution in [0.5, 0.6) is 0 Å². The minimum Gasteiger partial charge on any atom is -0.465 e. The largest absolute Gasteiger partial charge is 0.465 e. The van der Waals surface area contributed by atoms with Crippen molar-refractivity contribution in [2.45, 2.75) is 0 Å². The Labute approximate surface area is 190 Å². The molecule has 0 aliphatic carbocycles. The maximum atomic E-state index is 13.4. The highest BCUT2D eigenvalue weighted by Gasteiger charge is 2.24. The molecule has 0 aliphatic rings. The van der Waals surface area contributed by atoms with Gasteiger partial charge in [0.15, 0.2) is 0 Å². The molecule has 7 nitrogen and oxygen atoms in total. The van der Waals surface area contributed by atoms with Gasteiger partial charge in [0.2, 0.25) is 0 Å². The zero-order chi connectivity index (χ0) is 23.4. The molecule has 33 heavy (non-hydrogen) atoms. The number of aromatic nitrogens is 2. The summed E-state index contributed by atoms with van der Waals surface area (Å²) in [5.41, 5.74) is 2.48. The molecule has 4 rings (SSSR count). The monoisotopic (exact) mass is 439 g/mol. The predicted octanol–water partition coefficient (Wildman–Crippen LogP) is 4.15. The molecule has 0 atom stereocenters. The third kappa shape index (κ3) is 4.43. The van der Waals surface area contributed by atoms with E-state index in [-0.39, 0.29) is 11.1 Å². The molecule has 1 N–H and O–H groups in total. The van der Waals surface area contributed by atoms with Crippen molar-refractivity contribution in [2.24, 2.45) is 7.05 Å². The van der Waals surface area contributed by atoms with Gasteiger partial charge in [0, 0.05) is 23.9 Å². The minimum atomic E-state index is -0.601. The van der Waals surface area contributed by atoms with Gasteiger partial charge in [-0.2, -0.15) is 5.10 Å². The Bertz CT molecular complexity index is 1380. The van der Waals surface area contributed by atoms with Gasteiger partial charge in [-0.3, -0.25) is 9.59 Å². The smallest absolute Gasteiger partial charge is 0.337 e. The Morgan fingerprint density at radius 3 is 2.15 bits per heavy atom. The summed E-state index contributed by atoms with van der Waals surface area (Å²) in [6.07, 6.45) is 0. The molecule has 7 heteroatoms. The zero-order valence-corrected chi connectivity index (χ0v) is 18.1. The normalized spacial score (nSPS) is 10.5. The van der Waals surface area contributed by atoms with Crippen LogP contribution in [0.3, 0.4) is 0 Å². The lowest BCUT2D eigenvalue weighted by Crippen LogP contribution is -2.31. The third-order valence-electron chi connectivity index (χ3n) is 5.12. The first kappa shape index (κ1) is 21.7. The molecule has 0 bridgehead atoms. The van der Waals surface area contributed by atoms with Crippen LogP contribution in [-0.4, -0.2) is 28.8 Å². The van der Waals surface area contributed by atoms with Crippen LogP contribution in [0.1, 0.15) is 20.7 Å². The van der Waals surface area contributed by atoms with Gasteiger partial charge in [-0.1, -0.05) is 66.7 Å². The van der Waals surface area contributed by atoms with E-state index in [4.69, 9.17) is 4.74 Å². The highest BCUT2D eigenvalue weighted by molar-refractivity contribution is 6.10. The molecule has 0 aliphatic heterocycles. The number of anilines is 1. The molecule has 0 unspecified atom stereocenters. The highest BCUT2D eigenvalue weighted by Crippen LogP contribution is 2.32. The first-order chi connectivity index (χ1) is 16.0. The lowest BCUT2D eigenvalue weighted by Gasteiger charge is -2.16.